The lowest BCUT2D eigenvalue weighted by molar-refractivity contribution is -0.154. The summed E-state index contributed by atoms with van der Waals surface area (Å²) in [6, 6.07) is 0. The maximum Gasteiger partial charge on any atom is 0.472 e. The first-order chi connectivity index (χ1) is 31.4. The van der Waals surface area contributed by atoms with Crippen LogP contribution in [0.3, 0.4) is 0 Å². The van der Waals surface area contributed by atoms with Crippen LogP contribution in [0.5, 0.6) is 0 Å². The van der Waals surface area contributed by atoms with Crippen molar-refractivity contribution in [3.63, 3.8) is 0 Å². The largest absolute Gasteiger partial charge is 0.472 e. The van der Waals surface area contributed by atoms with E-state index < -0.39 is 19.9 Å². The predicted molar refractivity (Wildman–Crippen MR) is 274 cm³/mol. The fourth-order valence-electron chi connectivity index (χ4n) is 6.49. The number of unbranched alkanes of at least 4 members (excludes halogenated alkanes) is 16. The van der Waals surface area contributed by atoms with Crippen LogP contribution in [0.25, 0.3) is 0 Å². The predicted octanol–water partition coefficient (Wildman–Crippen LogP) is 16.0. The minimum atomic E-state index is -4.31. The van der Waals surface area contributed by atoms with Crippen LogP contribution in [0.4, 0.5) is 0 Å². The fraction of sp³-hybridized carbons (Fsp3) is 0.655. The van der Waals surface area contributed by atoms with Crippen molar-refractivity contribution in [1.29, 1.82) is 0 Å². The molecule has 3 N–H and O–H groups in total. The molecule has 2 atom stereocenters. The van der Waals surface area contributed by atoms with E-state index in [1.807, 2.05) is 0 Å². The number of hydrogen-bond acceptors (Lipinski definition) is 7. The Morgan fingerprint density at radius 3 is 1.31 bits per heavy atom. The Morgan fingerprint density at radius 1 is 0.484 bits per heavy atom. The molecular formula is C55H94NO7P. The summed E-state index contributed by atoms with van der Waals surface area (Å²) in [6.45, 7) is 4.70. The molecule has 0 aliphatic carbocycles. The van der Waals surface area contributed by atoms with Crippen molar-refractivity contribution in [2.24, 2.45) is 5.73 Å². The molecule has 0 radical (unpaired) electrons. The molecule has 0 aliphatic heterocycles. The number of esters is 1. The number of carbonyl (C=O) groups is 1. The van der Waals surface area contributed by atoms with Crippen LogP contribution < -0.4 is 5.73 Å². The molecular weight excluding hydrogens is 818 g/mol. The van der Waals surface area contributed by atoms with Crippen molar-refractivity contribution in [3.05, 3.63) is 109 Å². The lowest BCUT2D eigenvalue weighted by Gasteiger charge is -2.20. The van der Waals surface area contributed by atoms with Gasteiger partial charge >= 0.3 is 13.8 Å². The highest BCUT2D eigenvalue weighted by Gasteiger charge is 2.25. The molecule has 366 valence electrons. The van der Waals surface area contributed by atoms with E-state index in [1.165, 1.54) is 96.3 Å². The highest BCUT2D eigenvalue weighted by molar-refractivity contribution is 7.47. The van der Waals surface area contributed by atoms with Gasteiger partial charge < -0.3 is 20.1 Å². The van der Waals surface area contributed by atoms with Crippen LogP contribution in [0, 0.1) is 0 Å². The zero-order chi connectivity index (χ0) is 46.5. The summed E-state index contributed by atoms with van der Waals surface area (Å²) < 4.78 is 33.5. The smallest absolute Gasteiger partial charge is 0.457 e. The zero-order valence-electron chi connectivity index (χ0n) is 40.7. The van der Waals surface area contributed by atoms with Gasteiger partial charge in [-0.3, -0.25) is 13.8 Å². The summed E-state index contributed by atoms with van der Waals surface area (Å²) in [7, 11) is -4.31. The molecule has 0 aliphatic rings. The average molecular weight is 912 g/mol. The Bertz CT molecular complexity index is 1350. The van der Waals surface area contributed by atoms with Gasteiger partial charge in [-0.2, -0.15) is 0 Å². The molecule has 0 aromatic carbocycles. The molecule has 0 spiro atoms. The first-order valence-corrected chi connectivity index (χ1v) is 26.9. The number of hydrogen-bond donors (Lipinski definition) is 2. The van der Waals surface area contributed by atoms with Crippen molar-refractivity contribution in [3.8, 4) is 0 Å². The second kappa shape index (κ2) is 51.1. The van der Waals surface area contributed by atoms with Crippen LogP contribution >= 0.6 is 7.82 Å². The molecule has 0 saturated carbocycles. The van der Waals surface area contributed by atoms with Gasteiger partial charge in [0.05, 0.1) is 19.8 Å². The molecule has 0 aromatic rings. The third kappa shape index (κ3) is 50.2. The third-order valence-corrected chi connectivity index (χ3v) is 11.2. The van der Waals surface area contributed by atoms with Gasteiger partial charge in [-0.25, -0.2) is 4.57 Å². The van der Waals surface area contributed by atoms with Crippen molar-refractivity contribution >= 4 is 13.8 Å². The van der Waals surface area contributed by atoms with E-state index >= 15 is 0 Å². The number of carbonyl (C=O) groups excluding carboxylic acids is 1. The van der Waals surface area contributed by atoms with Crippen molar-refractivity contribution in [1.82, 2.24) is 0 Å². The van der Waals surface area contributed by atoms with Gasteiger partial charge in [-0.1, -0.05) is 200 Å². The summed E-state index contributed by atoms with van der Waals surface area (Å²) >= 11 is 0. The Morgan fingerprint density at radius 2 is 0.875 bits per heavy atom. The first-order valence-electron chi connectivity index (χ1n) is 25.4. The van der Waals surface area contributed by atoms with Crippen LogP contribution in [0.15, 0.2) is 109 Å². The Hall–Kier alpha value is -2.84. The van der Waals surface area contributed by atoms with Crippen molar-refractivity contribution in [2.75, 3.05) is 33.0 Å². The van der Waals surface area contributed by atoms with Crippen molar-refractivity contribution in [2.45, 2.75) is 200 Å². The molecule has 9 heteroatoms. The molecule has 0 rings (SSSR count). The van der Waals surface area contributed by atoms with Gasteiger partial charge in [0.1, 0.15) is 6.10 Å². The monoisotopic (exact) mass is 912 g/mol. The highest BCUT2D eigenvalue weighted by Crippen LogP contribution is 2.43. The Kier molecular flexibility index (Phi) is 48.9. The van der Waals surface area contributed by atoms with Crippen LogP contribution in [0.1, 0.15) is 194 Å². The quantitative estimate of drug-likeness (QED) is 0.0268. The SMILES string of the molecule is CC/C=C\C/C=C\C/C=C\C/C=C\C/C=C\C/C=C\C/C=C\CCCC(=O)OC(COCCCCCCCCCCCC/C=C\C/C=C\CCCCCCC)COP(=O)(O)OCCN. The number of allylic oxidation sites excluding steroid dienone is 18. The number of ether oxygens (including phenoxy) is 2. The molecule has 0 saturated heterocycles. The Balaban J connectivity index is 4.10. The van der Waals surface area contributed by atoms with Gasteiger partial charge in [0.25, 0.3) is 0 Å². The normalized spacial score (nSPS) is 14.2. The standard InChI is InChI=1S/C55H94NO7P/c1-3-5-7-9-11-13-15-17-19-21-23-25-27-28-30-32-34-36-38-40-42-44-46-48-55(57)63-54(53-62-64(58,59)61-51-49-56)52-60-50-47-45-43-41-39-37-35-33-31-29-26-24-22-20-18-16-14-12-10-8-6-4-2/h5,7,11,13,16-19,22-25,28,30,34,36,40,42,54H,3-4,6,8-10,12,14-15,20-21,26-27,29,31-33,35,37-39,41,43-53,56H2,1-2H3,(H,58,59)/b7-5-,13-11-,18-16-,19-17-,24-22-,25-23-,30-28-,36-34-,42-40-. The second-order valence-corrected chi connectivity index (χ2v) is 17.7. The fourth-order valence-corrected chi connectivity index (χ4v) is 7.25. The summed E-state index contributed by atoms with van der Waals surface area (Å²) in [5.74, 6) is -0.392. The molecule has 0 aromatic heterocycles. The average Bonchev–Trinajstić information content (AvgIpc) is 3.29. The van der Waals surface area contributed by atoms with Crippen LogP contribution in [-0.2, 0) is 27.9 Å². The molecule has 64 heavy (non-hydrogen) atoms. The zero-order valence-corrected chi connectivity index (χ0v) is 41.6. The van der Waals surface area contributed by atoms with Crippen LogP contribution in [-0.4, -0.2) is 49.9 Å². The van der Waals surface area contributed by atoms with Gasteiger partial charge in [-0.05, 0) is 96.3 Å². The number of phosphoric acid groups is 1. The first kappa shape index (κ1) is 61.2. The van der Waals surface area contributed by atoms with Gasteiger partial charge in [0.2, 0.25) is 0 Å². The minimum absolute atomic E-state index is 0.0839. The maximum absolute atomic E-state index is 12.6. The van der Waals surface area contributed by atoms with E-state index in [0.717, 1.165) is 70.6 Å². The number of nitrogens with two attached hydrogens (primary N) is 1. The summed E-state index contributed by atoms with van der Waals surface area (Å²) in [5.41, 5.74) is 5.38. The van der Waals surface area contributed by atoms with E-state index in [-0.39, 0.29) is 32.8 Å². The molecule has 0 heterocycles. The maximum atomic E-state index is 12.6. The number of phosphoric ester groups is 1. The van der Waals surface area contributed by atoms with E-state index in [9.17, 15) is 14.3 Å². The molecule has 0 amide bonds. The summed E-state index contributed by atoms with van der Waals surface area (Å²) in [6.07, 6.45) is 69.8. The van der Waals surface area contributed by atoms with E-state index in [4.69, 9.17) is 24.3 Å². The summed E-state index contributed by atoms with van der Waals surface area (Å²) in [4.78, 5) is 22.6. The Labute approximate surface area is 393 Å². The molecule has 8 nitrogen and oxygen atoms in total. The van der Waals surface area contributed by atoms with Gasteiger partial charge in [0, 0.05) is 19.6 Å². The van der Waals surface area contributed by atoms with Gasteiger partial charge in [-0.15, -0.1) is 0 Å². The van der Waals surface area contributed by atoms with Gasteiger partial charge in [0.15, 0.2) is 0 Å². The molecule has 0 bridgehead atoms. The topological polar surface area (TPSA) is 117 Å². The second-order valence-electron chi connectivity index (χ2n) is 16.3. The molecule has 2 unspecified atom stereocenters. The third-order valence-electron chi connectivity index (χ3n) is 10.2. The van der Waals surface area contributed by atoms with E-state index in [2.05, 4.69) is 123 Å². The molecule has 0 fully saturated rings. The number of rotatable bonds is 47. The van der Waals surface area contributed by atoms with Crippen molar-refractivity contribution < 1.29 is 32.8 Å². The lowest BCUT2D eigenvalue weighted by atomic mass is 10.1. The van der Waals surface area contributed by atoms with Crippen LogP contribution in [0.2, 0.25) is 0 Å². The van der Waals surface area contributed by atoms with E-state index in [1.54, 1.807) is 0 Å². The summed E-state index contributed by atoms with van der Waals surface area (Å²) in [5, 5.41) is 0. The lowest BCUT2D eigenvalue weighted by Crippen LogP contribution is -2.28. The highest BCUT2D eigenvalue weighted by atomic mass is 31.2. The van der Waals surface area contributed by atoms with E-state index in [0.29, 0.717) is 13.0 Å². The minimum Gasteiger partial charge on any atom is -0.457 e.